The molecule has 15 atom stereocenters. The van der Waals surface area contributed by atoms with Crippen LogP contribution in [0.5, 0.6) is 0 Å². The molecule has 1 saturated carbocycles. The number of ketones is 2. The number of aliphatic hydroxyl groups is 3. The number of allylic oxidation sites excluding steroid dienone is 6. The Hall–Kier alpha value is -3.04. The summed E-state index contributed by atoms with van der Waals surface area (Å²) < 4.78 is 29.6. The molecule has 4 aliphatic rings. The number of esters is 1. The number of cyclic esters (lactones) is 1. The maximum atomic E-state index is 14.4. The zero-order valence-electron chi connectivity index (χ0n) is 40.4. The lowest BCUT2D eigenvalue weighted by atomic mass is 9.78. The second-order valence-electron chi connectivity index (χ2n) is 19.7. The molecular weight excluding hydrogens is 819 g/mol. The van der Waals surface area contributed by atoms with E-state index in [2.05, 4.69) is 6.92 Å². The predicted molar refractivity (Wildman–Crippen MR) is 245 cm³/mol. The zero-order valence-corrected chi connectivity index (χ0v) is 40.4. The Balaban J connectivity index is 1.67. The first-order valence-corrected chi connectivity index (χ1v) is 24.0. The van der Waals surface area contributed by atoms with E-state index in [9.17, 15) is 34.5 Å². The van der Waals surface area contributed by atoms with E-state index < -0.39 is 72.0 Å². The molecule has 3 N–H and O–H groups in total. The van der Waals surface area contributed by atoms with Crippen LogP contribution in [0.15, 0.2) is 47.6 Å². The second kappa shape index (κ2) is 25.2. The van der Waals surface area contributed by atoms with Crippen molar-refractivity contribution in [3.63, 3.8) is 0 Å². The minimum absolute atomic E-state index is 0.0678. The quantitative estimate of drug-likeness (QED) is 0.142. The van der Waals surface area contributed by atoms with Crippen LogP contribution in [-0.2, 0) is 42.9 Å². The lowest BCUT2D eigenvalue weighted by Gasteiger charge is -2.42. The molecule has 3 fully saturated rings. The predicted octanol–water partition coefficient (Wildman–Crippen LogP) is 7.00. The number of hydrogen-bond acceptors (Lipinski definition) is 12. The number of rotatable bonds is 6. The number of hydrogen-bond donors (Lipinski definition) is 3. The maximum absolute atomic E-state index is 14.4. The van der Waals surface area contributed by atoms with Gasteiger partial charge in [0.25, 0.3) is 11.7 Å². The van der Waals surface area contributed by atoms with Gasteiger partial charge in [-0.3, -0.25) is 14.4 Å². The van der Waals surface area contributed by atoms with Crippen LogP contribution in [-0.4, -0.2) is 126 Å². The average molecular weight is 900 g/mol. The van der Waals surface area contributed by atoms with Crippen LogP contribution in [0.4, 0.5) is 0 Å². The summed E-state index contributed by atoms with van der Waals surface area (Å²) in [6, 6.07) is -1.02. The minimum Gasteiger partial charge on any atom is -0.461 e. The molecule has 1 amide bonds. The number of amides is 1. The zero-order chi connectivity index (χ0) is 47.3. The largest absolute Gasteiger partial charge is 0.461 e. The third-order valence-electron chi connectivity index (χ3n) is 14.5. The third-order valence-corrected chi connectivity index (χ3v) is 14.5. The van der Waals surface area contributed by atoms with Crippen LogP contribution in [0.25, 0.3) is 0 Å². The summed E-state index contributed by atoms with van der Waals surface area (Å²) in [5, 5.41) is 33.9. The highest BCUT2D eigenvalue weighted by atomic mass is 16.6. The highest BCUT2D eigenvalue weighted by Gasteiger charge is 2.53. The van der Waals surface area contributed by atoms with Crippen molar-refractivity contribution in [1.29, 1.82) is 0 Å². The fourth-order valence-electron chi connectivity index (χ4n) is 10.3. The highest BCUT2D eigenvalue weighted by molar-refractivity contribution is 6.39. The van der Waals surface area contributed by atoms with Crippen molar-refractivity contribution in [3.8, 4) is 0 Å². The monoisotopic (exact) mass is 900 g/mol. The Labute approximate surface area is 383 Å². The van der Waals surface area contributed by atoms with E-state index in [1.807, 2.05) is 64.2 Å². The molecular formula is C51H81NO12. The van der Waals surface area contributed by atoms with E-state index in [-0.39, 0.29) is 48.0 Å². The van der Waals surface area contributed by atoms with Gasteiger partial charge in [0.15, 0.2) is 5.78 Å². The van der Waals surface area contributed by atoms with Gasteiger partial charge in [-0.1, -0.05) is 71.1 Å². The van der Waals surface area contributed by atoms with Crippen molar-refractivity contribution in [1.82, 2.24) is 4.90 Å². The molecule has 3 aliphatic heterocycles. The number of methoxy groups -OCH3 is 3. The summed E-state index contributed by atoms with van der Waals surface area (Å²) in [6.45, 7) is 13.6. The Kier molecular flexibility index (Phi) is 21.1. The number of carbonyl (C=O) groups is 4. The van der Waals surface area contributed by atoms with Gasteiger partial charge in [-0.05, 0) is 126 Å². The van der Waals surface area contributed by atoms with Gasteiger partial charge in [0.05, 0.1) is 24.4 Å². The van der Waals surface area contributed by atoms with Crippen molar-refractivity contribution in [2.24, 2.45) is 35.5 Å². The summed E-state index contributed by atoms with van der Waals surface area (Å²) in [5.41, 5.74) is 1.51. The lowest BCUT2D eigenvalue weighted by molar-refractivity contribution is -0.265. The normalized spacial score (nSPS) is 40.8. The number of piperidine rings is 1. The minimum atomic E-state index is -2.38. The Morgan fingerprint density at radius 3 is 2.23 bits per heavy atom. The number of fused-ring (bicyclic) bond motifs is 3. The average Bonchev–Trinajstić information content (AvgIpc) is 3.27. The van der Waals surface area contributed by atoms with E-state index >= 15 is 0 Å². The number of ether oxygens (including phenoxy) is 5. The van der Waals surface area contributed by atoms with Gasteiger partial charge in [-0.25, -0.2) is 4.79 Å². The summed E-state index contributed by atoms with van der Waals surface area (Å²) in [4.78, 5) is 57.8. The van der Waals surface area contributed by atoms with Crippen LogP contribution in [0, 0.1) is 35.5 Å². The molecule has 0 aromatic carbocycles. The molecule has 2 saturated heterocycles. The first kappa shape index (κ1) is 53.6. The van der Waals surface area contributed by atoms with Gasteiger partial charge in [0.1, 0.15) is 24.4 Å². The van der Waals surface area contributed by atoms with Crippen LogP contribution in [0.2, 0.25) is 0 Å². The molecule has 64 heavy (non-hydrogen) atoms. The Morgan fingerprint density at radius 1 is 0.812 bits per heavy atom. The SMILES string of the molecule is CO[C@H]1C[C@@H]2CC[C@@H](C)[C@@](O)(O2)C(=O)C(=O)N2CCCC[C@H]2C(=O)O[C@H](C(C)C[C@@H]2CC[C@@H](O)[C@H](OC)C2)CC[C@H](C)/C=C(\C)[C@@H](O)[C@@H](OC)C(=O)[C@H](C)C[C@H](C)/C=C/C=C/C=C/1C. The van der Waals surface area contributed by atoms with Crippen molar-refractivity contribution in [3.05, 3.63) is 47.6 Å². The van der Waals surface area contributed by atoms with Crippen molar-refractivity contribution < 1.29 is 58.2 Å². The first-order chi connectivity index (χ1) is 30.3. The Morgan fingerprint density at radius 2 is 1.55 bits per heavy atom. The Bertz CT molecular complexity index is 1670. The summed E-state index contributed by atoms with van der Waals surface area (Å²) >= 11 is 0. The molecule has 1 unspecified atom stereocenters. The summed E-state index contributed by atoms with van der Waals surface area (Å²) in [7, 11) is 4.65. The fourth-order valence-corrected chi connectivity index (χ4v) is 10.3. The smallest absolute Gasteiger partial charge is 0.329 e. The molecule has 13 heteroatoms. The van der Waals surface area contributed by atoms with E-state index in [1.165, 1.54) is 12.0 Å². The molecule has 0 aromatic heterocycles. The fraction of sp³-hybridized carbons (Fsp3) is 0.765. The maximum Gasteiger partial charge on any atom is 0.329 e. The van der Waals surface area contributed by atoms with Gasteiger partial charge in [0, 0.05) is 46.1 Å². The molecule has 3 heterocycles. The summed E-state index contributed by atoms with van der Waals surface area (Å²) in [5.74, 6) is -6.09. The van der Waals surface area contributed by atoms with E-state index in [1.54, 1.807) is 28.1 Å². The molecule has 13 nitrogen and oxygen atoms in total. The number of Topliss-reactive ketones (excluding diaryl/α,β-unsaturated/α-hetero) is 2. The van der Waals surface area contributed by atoms with Crippen molar-refractivity contribution >= 4 is 23.4 Å². The van der Waals surface area contributed by atoms with Crippen molar-refractivity contribution in [2.45, 2.75) is 186 Å². The topological polar surface area (TPSA) is 178 Å². The number of aliphatic hydroxyl groups excluding tert-OH is 2. The standard InChI is InChI=1S/C51H81NO12/c1-31-16-12-11-13-17-33(3)43(60-8)30-39-22-20-37(7)51(59,64-39)48(56)49(57)52-25-15-14-18-40(52)50(58)63-42(34(4)28-38-21-23-41(53)44(29-38)61-9)24-19-32(2)27-36(6)46(55)47(62-10)45(54)35(5)26-31/h11-13,16-17,27,31-32,34-35,37-44,46-47,53,55,59H,14-15,18-26,28-30H2,1-10H3/b13-11+,16-12+,33-17+,36-27+/t31-,32+,34?,35-,37-,38+,39+,40+,41-,42+,43+,44-,46-,47+,51-/m1/s1. The second-order valence-corrected chi connectivity index (χ2v) is 19.7. The third kappa shape index (κ3) is 14.2. The van der Waals surface area contributed by atoms with Gasteiger partial charge in [-0.2, -0.15) is 0 Å². The van der Waals surface area contributed by atoms with Gasteiger partial charge < -0.3 is 43.9 Å². The molecule has 0 aromatic rings. The van der Waals surface area contributed by atoms with Gasteiger partial charge in [0.2, 0.25) is 5.79 Å². The van der Waals surface area contributed by atoms with Crippen LogP contribution in [0.1, 0.15) is 132 Å². The molecule has 2 bridgehead atoms. The highest BCUT2D eigenvalue weighted by Crippen LogP contribution is 2.38. The van der Waals surface area contributed by atoms with Crippen LogP contribution in [0.3, 0.4) is 0 Å². The van der Waals surface area contributed by atoms with Crippen molar-refractivity contribution in [2.75, 3.05) is 27.9 Å². The van der Waals surface area contributed by atoms with Crippen LogP contribution < -0.4 is 0 Å². The summed E-state index contributed by atoms with van der Waals surface area (Å²) in [6.07, 6.45) is 14.5. The molecule has 4 rings (SSSR count). The van der Waals surface area contributed by atoms with E-state index in [0.29, 0.717) is 76.2 Å². The lowest BCUT2D eigenvalue weighted by Crippen LogP contribution is -2.61. The van der Waals surface area contributed by atoms with E-state index in [4.69, 9.17) is 23.7 Å². The van der Waals surface area contributed by atoms with Crippen LogP contribution >= 0.6 is 0 Å². The van der Waals surface area contributed by atoms with Gasteiger partial charge in [-0.15, -0.1) is 0 Å². The van der Waals surface area contributed by atoms with Gasteiger partial charge >= 0.3 is 5.97 Å². The molecule has 362 valence electrons. The van der Waals surface area contributed by atoms with E-state index in [0.717, 1.165) is 18.4 Å². The number of carbonyl (C=O) groups excluding carboxylic acids is 4. The molecule has 0 spiro atoms. The molecule has 1 aliphatic carbocycles. The molecule has 0 radical (unpaired) electrons. The first-order valence-electron chi connectivity index (χ1n) is 24.0. The number of nitrogens with zero attached hydrogens (tertiary/aromatic N) is 1.